The first-order chi connectivity index (χ1) is 8.61. The molecular formula is C15H19N3. The summed E-state index contributed by atoms with van der Waals surface area (Å²) in [4.78, 5) is 4.67. The number of fused-ring (bicyclic) bond motifs is 1. The zero-order chi connectivity index (χ0) is 13.1. The number of para-hydroxylation sites is 1. The number of aryl methyl sites for hydroxylation is 1. The van der Waals surface area contributed by atoms with Crippen molar-refractivity contribution in [2.45, 2.75) is 26.8 Å². The molecule has 0 radical (unpaired) electrons. The molecule has 1 atom stereocenters. The van der Waals surface area contributed by atoms with Gasteiger partial charge in [-0.05, 0) is 38.5 Å². The molecule has 0 saturated heterocycles. The Kier molecular flexibility index (Phi) is 3.75. The Balaban J connectivity index is 2.54. The van der Waals surface area contributed by atoms with Gasteiger partial charge in [-0.1, -0.05) is 29.8 Å². The molecule has 0 fully saturated rings. The molecule has 0 bridgehead atoms. The van der Waals surface area contributed by atoms with Gasteiger partial charge in [0.15, 0.2) is 0 Å². The Hall–Kier alpha value is -1.71. The SMILES string of the molecule is CC(C)=CC(NN)c1cc(C)c2ccccc2n1. The number of hydrogen-bond acceptors (Lipinski definition) is 3. The maximum Gasteiger partial charge on any atom is 0.0815 e. The third-order valence-electron chi connectivity index (χ3n) is 2.94. The van der Waals surface area contributed by atoms with E-state index in [9.17, 15) is 0 Å². The van der Waals surface area contributed by atoms with E-state index in [4.69, 9.17) is 5.84 Å². The van der Waals surface area contributed by atoms with Crippen molar-refractivity contribution in [1.82, 2.24) is 10.4 Å². The predicted octanol–water partition coefficient (Wildman–Crippen LogP) is 3.01. The number of allylic oxidation sites excluding steroid dienone is 1. The van der Waals surface area contributed by atoms with Crippen LogP contribution < -0.4 is 11.3 Å². The van der Waals surface area contributed by atoms with Crippen LogP contribution in [-0.2, 0) is 0 Å². The topological polar surface area (TPSA) is 50.9 Å². The lowest BCUT2D eigenvalue weighted by Gasteiger charge is -2.14. The fourth-order valence-electron chi connectivity index (χ4n) is 2.09. The van der Waals surface area contributed by atoms with Gasteiger partial charge in [0.05, 0.1) is 17.3 Å². The van der Waals surface area contributed by atoms with Crippen molar-refractivity contribution in [2.24, 2.45) is 5.84 Å². The number of hydrogen-bond donors (Lipinski definition) is 2. The fraction of sp³-hybridized carbons (Fsp3) is 0.267. The van der Waals surface area contributed by atoms with Gasteiger partial charge in [0.1, 0.15) is 0 Å². The zero-order valence-electron chi connectivity index (χ0n) is 11.1. The number of nitrogens with zero attached hydrogens (tertiary/aromatic N) is 1. The average Bonchev–Trinajstić information content (AvgIpc) is 2.35. The Labute approximate surface area is 108 Å². The van der Waals surface area contributed by atoms with Gasteiger partial charge in [0, 0.05) is 5.39 Å². The van der Waals surface area contributed by atoms with Crippen LogP contribution in [0.5, 0.6) is 0 Å². The second-order valence-electron chi connectivity index (χ2n) is 4.77. The van der Waals surface area contributed by atoms with Crippen molar-refractivity contribution in [3.63, 3.8) is 0 Å². The van der Waals surface area contributed by atoms with Crippen molar-refractivity contribution in [3.05, 3.63) is 53.2 Å². The molecule has 0 aliphatic rings. The minimum atomic E-state index is -0.0432. The number of nitrogens with two attached hydrogens (primary N) is 1. The summed E-state index contributed by atoms with van der Waals surface area (Å²) in [6, 6.07) is 10.2. The van der Waals surface area contributed by atoms with E-state index in [0.717, 1.165) is 11.2 Å². The fourth-order valence-corrected chi connectivity index (χ4v) is 2.09. The molecule has 0 amide bonds. The lowest BCUT2D eigenvalue weighted by atomic mass is 10.0. The summed E-state index contributed by atoms with van der Waals surface area (Å²) in [6.07, 6.45) is 2.08. The van der Waals surface area contributed by atoms with Crippen molar-refractivity contribution in [3.8, 4) is 0 Å². The number of pyridine rings is 1. The first-order valence-corrected chi connectivity index (χ1v) is 6.09. The molecule has 2 rings (SSSR count). The third-order valence-corrected chi connectivity index (χ3v) is 2.94. The van der Waals surface area contributed by atoms with Crippen LogP contribution >= 0.6 is 0 Å². The minimum Gasteiger partial charge on any atom is -0.271 e. The molecule has 1 unspecified atom stereocenters. The molecule has 94 valence electrons. The number of rotatable bonds is 3. The van der Waals surface area contributed by atoms with Crippen LogP contribution in [0.15, 0.2) is 42.0 Å². The maximum absolute atomic E-state index is 5.61. The molecule has 3 heteroatoms. The summed E-state index contributed by atoms with van der Waals surface area (Å²) in [5, 5.41) is 1.19. The highest BCUT2D eigenvalue weighted by Gasteiger charge is 2.10. The molecular weight excluding hydrogens is 222 g/mol. The molecule has 1 heterocycles. The van der Waals surface area contributed by atoms with Crippen LogP contribution in [0.4, 0.5) is 0 Å². The quantitative estimate of drug-likeness (QED) is 0.493. The summed E-state index contributed by atoms with van der Waals surface area (Å²) >= 11 is 0. The molecule has 0 saturated carbocycles. The summed E-state index contributed by atoms with van der Waals surface area (Å²) in [5.74, 6) is 5.61. The minimum absolute atomic E-state index is 0.0432. The van der Waals surface area contributed by atoms with Crippen molar-refractivity contribution >= 4 is 10.9 Å². The van der Waals surface area contributed by atoms with E-state index >= 15 is 0 Å². The van der Waals surface area contributed by atoms with E-state index in [1.165, 1.54) is 16.5 Å². The van der Waals surface area contributed by atoms with Crippen molar-refractivity contribution < 1.29 is 0 Å². The smallest absolute Gasteiger partial charge is 0.0815 e. The van der Waals surface area contributed by atoms with Crippen LogP contribution in [0, 0.1) is 6.92 Å². The van der Waals surface area contributed by atoms with E-state index in [-0.39, 0.29) is 6.04 Å². The second-order valence-corrected chi connectivity index (χ2v) is 4.77. The van der Waals surface area contributed by atoms with E-state index in [2.05, 4.69) is 49.4 Å². The standard InChI is InChI=1S/C15H19N3/c1-10(2)8-15(18-16)14-9-11(3)12-6-4-5-7-13(12)17-14/h4-9,15,18H,16H2,1-3H3. The van der Waals surface area contributed by atoms with E-state index < -0.39 is 0 Å². The summed E-state index contributed by atoms with van der Waals surface area (Å²) in [5.41, 5.74) is 7.20. The highest BCUT2D eigenvalue weighted by molar-refractivity contribution is 5.82. The molecule has 3 N–H and O–H groups in total. The lowest BCUT2D eigenvalue weighted by Crippen LogP contribution is -2.27. The van der Waals surface area contributed by atoms with Crippen molar-refractivity contribution in [1.29, 1.82) is 0 Å². The summed E-state index contributed by atoms with van der Waals surface area (Å²) in [6.45, 7) is 6.21. The first kappa shape index (κ1) is 12.7. The van der Waals surface area contributed by atoms with Gasteiger partial charge >= 0.3 is 0 Å². The van der Waals surface area contributed by atoms with E-state index in [1.54, 1.807) is 0 Å². The first-order valence-electron chi connectivity index (χ1n) is 6.09. The van der Waals surface area contributed by atoms with Gasteiger partial charge in [-0.3, -0.25) is 10.8 Å². The summed E-state index contributed by atoms with van der Waals surface area (Å²) in [7, 11) is 0. The Morgan fingerprint density at radius 1 is 1.33 bits per heavy atom. The molecule has 0 spiro atoms. The highest BCUT2D eigenvalue weighted by atomic mass is 15.2. The van der Waals surface area contributed by atoms with E-state index in [0.29, 0.717) is 0 Å². The van der Waals surface area contributed by atoms with Gasteiger partial charge < -0.3 is 0 Å². The van der Waals surface area contributed by atoms with Crippen LogP contribution in [0.3, 0.4) is 0 Å². The Morgan fingerprint density at radius 3 is 2.72 bits per heavy atom. The number of benzene rings is 1. The van der Waals surface area contributed by atoms with Crippen molar-refractivity contribution in [2.75, 3.05) is 0 Å². The van der Waals surface area contributed by atoms with Gasteiger partial charge in [-0.15, -0.1) is 0 Å². The number of aromatic nitrogens is 1. The maximum atomic E-state index is 5.61. The molecule has 18 heavy (non-hydrogen) atoms. The van der Waals surface area contributed by atoms with Crippen LogP contribution in [0.2, 0.25) is 0 Å². The number of nitrogens with one attached hydrogen (secondary N) is 1. The van der Waals surface area contributed by atoms with Gasteiger partial charge in [0.2, 0.25) is 0 Å². The van der Waals surface area contributed by atoms with E-state index in [1.807, 2.05) is 18.2 Å². The van der Waals surface area contributed by atoms with Gasteiger partial charge in [-0.25, -0.2) is 5.43 Å². The third kappa shape index (κ3) is 2.58. The second kappa shape index (κ2) is 5.29. The predicted molar refractivity (Wildman–Crippen MR) is 76.0 cm³/mol. The molecule has 1 aromatic carbocycles. The zero-order valence-corrected chi connectivity index (χ0v) is 11.1. The highest BCUT2D eigenvalue weighted by Crippen LogP contribution is 2.21. The monoisotopic (exact) mass is 241 g/mol. The molecule has 0 aliphatic heterocycles. The van der Waals surface area contributed by atoms with Crippen LogP contribution in [0.25, 0.3) is 10.9 Å². The summed E-state index contributed by atoms with van der Waals surface area (Å²) < 4.78 is 0. The van der Waals surface area contributed by atoms with Crippen LogP contribution in [-0.4, -0.2) is 4.98 Å². The average molecular weight is 241 g/mol. The number of hydrazine groups is 1. The van der Waals surface area contributed by atoms with Crippen LogP contribution in [0.1, 0.15) is 31.1 Å². The molecule has 1 aromatic heterocycles. The van der Waals surface area contributed by atoms with Gasteiger partial charge in [-0.2, -0.15) is 0 Å². The van der Waals surface area contributed by atoms with Gasteiger partial charge in [0.25, 0.3) is 0 Å². The largest absolute Gasteiger partial charge is 0.271 e. The Morgan fingerprint density at radius 2 is 2.06 bits per heavy atom. The Bertz CT molecular complexity index is 583. The normalized spacial score (nSPS) is 12.4. The molecule has 0 aliphatic carbocycles. The lowest BCUT2D eigenvalue weighted by molar-refractivity contribution is 0.637. The molecule has 2 aromatic rings. The molecule has 3 nitrogen and oxygen atoms in total.